The van der Waals surface area contributed by atoms with Crippen LogP contribution < -0.4 is 0 Å². The molecule has 1 aliphatic rings. The van der Waals surface area contributed by atoms with Crippen LogP contribution in [0.25, 0.3) is 0 Å². The molecule has 1 fully saturated rings. The van der Waals surface area contributed by atoms with Crippen molar-refractivity contribution in [1.82, 2.24) is 9.80 Å². The van der Waals surface area contributed by atoms with E-state index in [9.17, 15) is 9.18 Å². The molecular weight excluding hydrogens is 255 g/mol. The van der Waals surface area contributed by atoms with Crippen LogP contribution in [-0.4, -0.2) is 48.9 Å². The third-order valence-electron chi connectivity index (χ3n) is 4.52. The lowest BCUT2D eigenvalue weighted by Gasteiger charge is -2.49. The highest BCUT2D eigenvalue weighted by Gasteiger charge is 2.40. The molecule has 1 aliphatic carbocycles. The summed E-state index contributed by atoms with van der Waals surface area (Å²) in [4.78, 5) is 16.4. The summed E-state index contributed by atoms with van der Waals surface area (Å²) >= 11 is 0. The van der Waals surface area contributed by atoms with Crippen molar-refractivity contribution in [3.8, 4) is 0 Å². The molecule has 0 aromatic heterocycles. The average Bonchev–Trinajstić information content (AvgIpc) is 2.35. The second-order valence-corrected chi connectivity index (χ2v) is 6.10. The van der Waals surface area contributed by atoms with E-state index in [0.717, 1.165) is 19.4 Å². The van der Waals surface area contributed by atoms with Gasteiger partial charge in [0.05, 0.1) is 0 Å². The fourth-order valence-electron chi connectivity index (χ4n) is 2.84. The van der Waals surface area contributed by atoms with Crippen LogP contribution in [0, 0.1) is 12.7 Å². The van der Waals surface area contributed by atoms with E-state index in [-0.39, 0.29) is 17.3 Å². The SMILES string of the molecule is Cc1cc(C(=O)N(C)CC2(N(C)C)CCC2)ccc1F. The first kappa shape index (κ1) is 15.0. The second kappa shape index (κ2) is 5.52. The Hall–Kier alpha value is -1.42. The van der Waals surface area contributed by atoms with Crippen LogP contribution in [0.3, 0.4) is 0 Å². The number of halogens is 1. The van der Waals surface area contributed by atoms with Gasteiger partial charge in [-0.2, -0.15) is 0 Å². The molecule has 2 rings (SSSR count). The highest BCUT2D eigenvalue weighted by Crippen LogP contribution is 2.36. The number of benzene rings is 1. The molecule has 1 aromatic rings. The van der Waals surface area contributed by atoms with Crippen LogP contribution in [0.15, 0.2) is 18.2 Å². The molecule has 4 heteroatoms. The first-order chi connectivity index (χ1) is 9.35. The molecule has 110 valence electrons. The largest absolute Gasteiger partial charge is 0.340 e. The number of likely N-dealkylation sites (N-methyl/N-ethyl adjacent to an activating group) is 2. The van der Waals surface area contributed by atoms with Gasteiger partial charge in [-0.25, -0.2) is 4.39 Å². The number of amides is 1. The van der Waals surface area contributed by atoms with Crippen molar-refractivity contribution in [2.45, 2.75) is 31.7 Å². The number of carbonyl (C=O) groups excluding carboxylic acids is 1. The van der Waals surface area contributed by atoms with Gasteiger partial charge in [-0.05, 0) is 64.0 Å². The lowest BCUT2D eigenvalue weighted by Crippen LogP contribution is -2.57. The standard InChI is InChI=1S/C16H23FN2O/c1-12-10-13(6-7-14(12)17)15(20)19(4)11-16(18(2)3)8-5-9-16/h6-7,10H,5,8-9,11H2,1-4H3. The maximum Gasteiger partial charge on any atom is 0.253 e. The number of carbonyl (C=O) groups is 1. The van der Waals surface area contributed by atoms with Crippen LogP contribution >= 0.6 is 0 Å². The average molecular weight is 278 g/mol. The van der Waals surface area contributed by atoms with Gasteiger partial charge in [-0.1, -0.05) is 0 Å². The van der Waals surface area contributed by atoms with Crippen LogP contribution in [0.4, 0.5) is 4.39 Å². The first-order valence-electron chi connectivity index (χ1n) is 7.05. The minimum absolute atomic E-state index is 0.0405. The normalized spacial score (nSPS) is 16.9. The summed E-state index contributed by atoms with van der Waals surface area (Å²) < 4.78 is 13.3. The van der Waals surface area contributed by atoms with Gasteiger partial charge in [-0.3, -0.25) is 4.79 Å². The third-order valence-corrected chi connectivity index (χ3v) is 4.52. The highest BCUT2D eigenvalue weighted by molar-refractivity contribution is 5.94. The molecule has 0 heterocycles. The predicted octanol–water partition coefficient (Wildman–Crippen LogP) is 2.69. The molecule has 3 nitrogen and oxygen atoms in total. The molecule has 20 heavy (non-hydrogen) atoms. The van der Waals surface area contributed by atoms with Gasteiger partial charge in [0.1, 0.15) is 5.82 Å². The summed E-state index contributed by atoms with van der Waals surface area (Å²) in [7, 11) is 5.96. The summed E-state index contributed by atoms with van der Waals surface area (Å²) in [5, 5.41) is 0. The maximum atomic E-state index is 13.3. The quantitative estimate of drug-likeness (QED) is 0.845. The van der Waals surface area contributed by atoms with Crippen LogP contribution in [-0.2, 0) is 0 Å². The Bertz CT molecular complexity index is 509. The Morgan fingerprint density at radius 3 is 2.40 bits per heavy atom. The molecule has 0 saturated heterocycles. The van der Waals surface area contributed by atoms with Gasteiger partial charge in [-0.15, -0.1) is 0 Å². The number of aryl methyl sites for hydroxylation is 1. The summed E-state index contributed by atoms with van der Waals surface area (Å²) in [5.41, 5.74) is 1.18. The number of hydrogen-bond acceptors (Lipinski definition) is 2. The number of rotatable bonds is 4. The molecule has 0 bridgehead atoms. The molecule has 0 N–H and O–H groups in total. The Balaban J connectivity index is 2.10. The summed E-state index contributed by atoms with van der Waals surface area (Å²) in [5.74, 6) is -0.311. The molecule has 0 spiro atoms. The third kappa shape index (κ3) is 2.70. The maximum absolute atomic E-state index is 13.3. The Labute approximate surface area is 120 Å². The lowest BCUT2D eigenvalue weighted by molar-refractivity contribution is 0.0252. The van der Waals surface area contributed by atoms with E-state index in [0.29, 0.717) is 11.1 Å². The van der Waals surface area contributed by atoms with Crippen molar-refractivity contribution in [2.75, 3.05) is 27.7 Å². The summed E-state index contributed by atoms with van der Waals surface area (Å²) in [6, 6.07) is 4.54. The van der Waals surface area contributed by atoms with Crippen molar-refractivity contribution in [3.05, 3.63) is 35.1 Å². The minimum atomic E-state index is -0.270. The van der Waals surface area contributed by atoms with Gasteiger partial charge >= 0.3 is 0 Å². The van der Waals surface area contributed by atoms with Gasteiger partial charge in [0.2, 0.25) is 0 Å². The van der Waals surface area contributed by atoms with Gasteiger partial charge < -0.3 is 9.80 Å². The number of nitrogens with zero attached hydrogens (tertiary/aromatic N) is 2. The lowest BCUT2D eigenvalue weighted by atomic mass is 9.75. The van der Waals surface area contributed by atoms with E-state index >= 15 is 0 Å². The predicted molar refractivity (Wildman–Crippen MR) is 78.4 cm³/mol. The second-order valence-electron chi connectivity index (χ2n) is 6.10. The zero-order valence-corrected chi connectivity index (χ0v) is 12.7. The van der Waals surface area contributed by atoms with E-state index in [1.807, 2.05) is 7.05 Å². The minimum Gasteiger partial charge on any atom is -0.340 e. The first-order valence-corrected chi connectivity index (χ1v) is 7.05. The molecule has 0 atom stereocenters. The van der Waals surface area contributed by atoms with Crippen LogP contribution in [0.2, 0.25) is 0 Å². The molecular formula is C16H23FN2O. The number of hydrogen-bond donors (Lipinski definition) is 0. The van der Waals surface area contributed by atoms with Crippen LogP contribution in [0.5, 0.6) is 0 Å². The van der Waals surface area contributed by atoms with Gasteiger partial charge in [0, 0.05) is 24.7 Å². The van der Waals surface area contributed by atoms with Crippen molar-refractivity contribution in [3.63, 3.8) is 0 Å². The Morgan fingerprint density at radius 2 is 1.95 bits per heavy atom. The molecule has 1 aromatic carbocycles. The topological polar surface area (TPSA) is 23.6 Å². The monoisotopic (exact) mass is 278 g/mol. The molecule has 0 radical (unpaired) electrons. The highest BCUT2D eigenvalue weighted by atomic mass is 19.1. The smallest absolute Gasteiger partial charge is 0.253 e. The van der Waals surface area contributed by atoms with Gasteiger partial charge in [0.15, 0.2) is 0 Å². The van der Waals surface area contributed by atoms with Crippen molar-refractivity contribution < 1.29 is 9.18 Å². The van der Waals surface area contributed by atoms with E-state index in [1.54, 1.807) is 24.0 Å². The zero-order chi connectivity index (χ0) is 14.9. The Morgan fingerprint density at radius 1 is 1.30 bits per heavy atom. The fraction of sp³-hybridized carbons (Fsp3) is 0.562. The zero-order valence-electron chi connectivity index (χ0n) is 12.7. The molecule has 1 amide bonds. The van der Waals surface area contributed by atoms with E-state index in [1.165, 1.54) is 12.5 Å². The fourth-order valence-corrected chi connectivity index (χ4v) is 2.84. The molecule has 0 unspecified atom stereocenters. The van der Waals surface area contributed by atoms with Gasteiger partial charge in [0.25, 0.3) is 5.91 Å². The van der Waals surface area contributed by atoms with Crippen molar-refractivity contribution in [2.24, 2.45) is 0 Å². The molecule has 0 aliphatic heterocycles. The van der Waals surface area contributed by atoms with Crippen LogP contribution in [0.1, 0.15) is 35.2 Å². The Kier molecular flexibility index (Phi) is 4.14. The van der Waals surface area contributed by atoms with E-state index in [2.05, 4.69) is 19.0 Å². The van der Waals surface area contributed by atoms with Crippen molar-refractivity contribution in [1.29, 1.82) is 0 Å². The van der Waals surface area contributed by atoms with Crippen molar-refractivity contribution >= 4 is 5.91 Å². The van der Waals surface area contributed by atoms with E-state index in [4.69, 9.17) is 0 Å². The summed E-state index contributed by atoms with van der Waals surface area (Å²) in [6.45, 7) is 2.40. The van der Waals surface area contributed by atoms with E-state index < -0.39 is 0 Å². The summed E-state index contributed by atoms with van der Waals surface area (Å²) in [6.07, 6.45) is 3.47. The molecule has 1 saturated carbocycles.